The predicted octanol–water partition coefficient (Wildman–Crippen LogP) is 7.07. The lowest BCUT2D eigenvalue weighted by molar-refractivity contribution is 0.135. The van der Waals surface area contributed by atoms with E-state index < -0.39 is 0 Å². The van der Waals surface area contributed by atoms with Gasteiger partial charge in [-0.1, -0.05) is 90.9 Å². The molecule has 0 aliphatic carbocycles. The molecule has 176 valence electrons. The highest BCUT2D eigenvalue weighted by molar-refractivity contribution is 5.87. The lowest BCUT2D eigenvalue weighted by Gasteiger charge is -2.11. The molecule has 1 aliphatic heterocycles. The number of aromatic nitrogens is 2. The molecule has 31 heavy (non-hydrogen) atoms. The van der Waals surface area contributed by atoms with Gasteiger partial charge in [-0.05, 0) is 19.3 Å². The molecule has 0 N–H and O–H groups in total. The number of carbonyl (C=O) groups excluding carboxylic acids is 1. The second-order valence-electron chi connectivity index (χ2n) is 8.71. The van der Waals surface area contributed by atoms with Crippen LogP contribution in [0.1, 0.15) is 110 Å². The molecular weight excluding hydrogens is 390 g/mol. The molecular formula is C25H43N3O3. The fourth-order valence-corrected chi connectivity index (χ4v) is 3.94. The average molecular weight is 434 g/mol. The molecule has 0 spiro atoms. The Kier molecular flexibility index (Phi) is 13.0. The number of nitrogens with zero attached hydrogens (tertiary/aromatic N) is 3. The van der Waals surface area contributed by atoms with Gasteiger partial charge in [-0.15, -0.1) is 0 Å². The van der Waals surface area contributed by atoms with E-state index in [9.17, 15) is 4.79 Å². The van der Waals surface area contributed by atoms with Crippen LogP contribution in [0.5, 0.6) is 5.75 Å². The third-order valence-corrected chi connectivity index (χ3v) is 5.88. The minimum Gasteiger partial charge on any atom is -0.490 e. The second-order valence-corrected chi connectivity index (χ2v) is 8.71. The van der Waals surface area contributed by atoms with E-state index in [0.29, 0.717) is 24.8 Å². The molecule has 2 heterocycles. The van der Waals surface area contributed by atoms with Gasteiger partial charge in [0.15, 0.2) is 5.75 Å². The summed E-state index contributed by atoms with van der Waals surface area (Å²) in [6.07, 6.45) is 21.5. The van der Waals surface area contributed by atoms with Crippen molar-refractivity contribution in [2.45, 2.75) is 116 Å². The van der Waals surface area contributed by atoms with E-state index >= 15 is 0 Å². The second kappa shape index (κ2) is 15.9. The molecule has 6 nitrogen and oxygen atoms in total. The Bertz CT molecular complexity index is 594. The van der Waals surface area contributed by atoms with Crippen molar-refractivity contribution in [3.05, 3.63) is 12.4 Å². The van der Waals surface area contributed by atoms with Gasteiger partial charge in [0.25, 0.3) is 0 Å². The molecule has 1 fully saturated rings. The first-order valence-electron chi connectivity index (χ1n) is 12.7. The molecule has 0 radical (unpaired) electrons. The minimum atomic E-state index is -0.344. The lowest BCUT2D eigenvalue weighted by atomic mass is 10.1. The quantitative estimate of drug-likeness (QED) is 0.232. The number of anilines is 1. The molecule has 0 aromatic carbocycles. The van der Waals surface area contributed by atoms with Crippen LogP contribution in [0, 0.1) is 0 Å². The van der Waals surface area contributed by atoms with Gasteiger partial charge in [0.1, 0.15) is 6.10 Å². The fraction of sp³-hybridized carbons (Fsp3) is 0.800. The van der Waals surface area contributed by atoms with Crippen molar-refractivity contribution >= 4 is 12.0 Å². The van der Waals surface area contributed by atoms with Crippen LogP contribution in [0.4, 0.5) is 10.7 Å². The molecule has 1 aliphatic rings. The summed E-state index contributed by atoms with van der Waals surface area (Å²) < 4.78 is 11.2. The Morgan fingerprint density at radius 1 is 0.871 bits per heavy atom. The van der Waals surface area contributed by atoms with E-state index in [4.69, 9.17) is 9.47 Å². The van der Waals surface area contributed by atoms with Crippen LogP contribution in [-0.4, -0.2) is 35.3 Å². The smallest absolute Gasteiger partial charge is 0.417 e. The van der Waals surface area contributed by atoms with Gasteiger partial charge in [0.05, 0.1) is 25.5 Å². The first-order valence-corrected chi connectivity index (χ1v) is 12.7. The van der Waals surface area contributed by atoms with Gasteiger partial charge in [-0.3, -0.25) is 0 Å². The van der Waals surface area contributed by atoms with Gasteiger partial charge >= 0.3 is 6.09 Å². The maximum atomic E-state index is 12.2. The van der Waals surface area contributed by atoms with Crippen LogP contribution in [0.3, 0.4) is 0 Å². The largest absolute Gasteiger partial charge is 0.490 e. The summed E-state index contributed by atoms with van der Waals surface area (Å²) in [6.45, 7) is 5.69. The van der Waals surface area contributed by atoms with Crippen molar-refractivity contribution in [1.82, 2.24) is 9.97 Å². The van der Waals surface area contributed by atoms with Crippen LogP contribution < -0.4 is 9.64 Å². The summed E-state index contributed by atoms with van der Waals surface area (Å²) in [6, 6.07) is 0. The van der Waals surface area contributed by atoms with Crippen LogP contribution in [-0.2, 0) is 4.74 Å². The number of rotatable bonds is 18. The highest BCUT2D eigenvalue weighted by Gasteiger charge is 2.33. The van der Waals surface area contributed by atoms with Gasteiger partial charge < -0.3 is 9.47 Å². The van der Waals surface area contributed by atoms with Gasteiger partial charge in [0.2, 0.25) is 5.95 Å². The highest BCUT2D eigenvalue weighted by Crippen LogP contribution is 2.22. The Morgan fingerprint density at radius 2 is 1.42 bits per heavy atom. The third-order valence-electron chi connectivity index (χ3n) is 5.88. The molecule has 0 unspecified atom stereocenters. The van der Waals surface area contributed by atoms with Crippen molar-refractivity contribution < 1.29 is 14.3 Å². The molecule has 1 amide bonds. The SMILES string of the molecule is CCCCCCCCCCOc1cnc(N2C[C@@H](CCCCCCCC)OC2=O)nc1. The summed E-state index contributed by atoms with van der Waals surface area (Å²) >= 11 is 0. The maximum Gasteiger partial charge on any atom is 0.417 e. The Balaban J connectivity index is 1.59. The average Bonchev–Trinajstić information content (AvgIpc) is 3.16. The monoisotopic (exact) mass is 433 g/mol. The molecule has 0 bridgehead atoms. The number of cyclic esters (lactones) is 1. The molecule has 1 atom stereocenters. The molecule has 6 heteroatoms. The molecule has 1 aromatic rings. The Labute approximate surface area is 189 Å². The Morgan fingerprint density at radius 3 is 2.03 bits per heavy atom. The van der Waals surface area contributed by atoms with E-state index in [2.05, 4.69) is 23.8 Å². The standard InChI is InChI=1S/C25H43N3O3/c1-3-5-7-9-11-12-14-16-18-30-23-19-26-24(27-20-23)28-21-22(31-25(28)29)17-15-13-10-8-6-4-2/h19-20,22H,3-18,21H2,1-2H3/t22-/m1/s1. The van der Waals surface area contributed by atoms with Gasteiger partial charge in [0, 0.05) is 0 Å². The minimum absolute atomic E-state index is 0.0554. The molecule has 2 rings (SSSR count). The number of hydrogen-bond donors (Lipinski definition) is 0. The van der Waals surface area contributed by atoms with Crippen LogP contribution in [0.25, 0.3) is 0 Å². The molecule has 0 saturated carbocycles. The van der Waals surface area contributed by atoms with E-state index in [-0.39, 0.29) is 12.2 Å². The number of hydrogen-bond acceptors (Lipinski definition) is 5. The third kappa shape index (κ3) is 10.3. The van der Waals surface area contributed by atoms with E-state index in [0.717, 1.165) is 19.3 Å². The zero-order valence-electron chi connectivity index (χ0n) is 19.8. The zero-order valence-corrected chi connectivity index (χ0v) is 19.8. The van der Waals surface area contributed by atoms with E-state index in [1.807, 2.05) is 0 Å². The summed E-state index contributed by atoms with van der Waals surface area (Å²) in [5.74, 6) is 1.05. The van der Waals surface area contributed by atoms with Gasteiger partial charge in [-0.2, -0.15) is 0 Å². The van der Waals surface area contributed by atoms with Crippen molar-refractivity contribution in [2.75, 3.05) is 18.1 Å². The molecule has 1 saturated heterocycles. The fourth-order valence-electron chi connectivity index (χ4n) is 3.94. The maximum absolute atomic E-state index is 12.2. The van der Waals surface area contributed by atoms with Crippen molar-refractivity contribution in [1.29, 1.82) is 0 Å². The highest BCUT2D eigenvalue weighted by atomic mass is 16.6. The number of ether oxygens (including phenoxy) is 2. The van der Waals surface area contributed by atoms with Crippen molar-refractivity contribution in [3.63, 3.8) is 0 Å². The predicted molar refractivity (Wildman–Crippen MR) is 126 cm³/mol. The van der Waals surface area contributed by atoms with E-state index in [1.165, 1.54) is 81.9 Å². The first-order chi connectivity index (χ1) is 15.2. The molecule has 1 aromatic heterocycles. The summed E-state index contributed by atoms with van der Waals surface area (Å²) in [5, 5.41) is 0. The van der Waals surface area contributed by atoms with E-state index in [1.54, 1.807) is 12.4 Å². The summed E-state index contributed by atoms with van der Waals surface area (Å²) in [5.41, 5.74) is 0. The summed E-state index contributed by atoms with van der Waals surface area (Å²) in [7, 11) is 0. The lowest BCUT2D eigenvalue weighted by Crippen LogP contribution is -2.26. The normalized spacial score (nSPS) is 16.0. The van der Waals surface area contributed by atoms with Crippen molar-refractivity contribution in [2.24, 2.45) is 0 Å². The number of carbonyl (C=O) groups is 1. The topological polar surface area (TPSA) is 64.6 Å². The van der Waals surface area contributed by atoms with Crippen LogP contribution in [0.15, 0.2) is 12.4 Å². The number of amides is 1. The van der Waals surface area contributed by atoms with Gasteiger partial charge in [-0.25, -0.2) is 19.7 Å². The van der Waals surface area contributed by atoms with Crippen LogP contribution >= 0.6 is 0 Å². The van der Waals surface area contributed by atoms with Crippen LogP contribution in [0.2, 0.25) is 0 Å². The first kappa shape index (κ1) is 25.4. The summed E-state index contributed by atoms with van der Waals surface area (Å²) in [4.78, 5) is 22.4. The Hall–Kier alpha value is -1.85. The zero-order chi connectivity index (χ0) is 22.2. The number of unbranched alkanes of at least 4 members (excludes halogenated alkanes) is 12. The van der Waals surface area contributed by atoms with Crippen molar-refractivity contribution in [3.8, 4) is 5.75 Å².